The summed E-state index contributed by atoms with van der Waals surface area (Å²) in [5, 5.41) is 4.16. The lowest BCUT2D eigenvalue weighted by atomic mass is 10.1. The number of primary amides is 1. The number of aromatic nitrogens is 4. The van der Waals surface area contributed by atoms with E-state index in [-0.39, 0.29) is 11.9 Å². The van der Waals surface area contributed by atoms with Gasteiger partial charge in [-0.1, -0.05) is 12.1 Å². The number of para-hydroxylation sites is 2. The summed E-state index contributed by atoms with van der Waals surface area (Å²) in [6.45, 7) is 1.58. The molecule has 4 rings (SSSR count). The first-order chi connectivity index (χ1) is 11.2. The molecule has 1 aromatic carbocycles. The minimum Gasteiger partial charge on any atom is -0.423 e. The molecule has 0 bridgehead atoms. The van der Waals surface area contributed by atoms with Gasteiger partial charge >= 0.3 is 0 Å². The van der Waals surface area contributed by atoms with Gasteiger partial charge in [-0.3, -0.25) is 4.79 Å². The smallest absolute Gasteiger partial charge is 0.298 e. The van der Waals surface area contributed by atoms with E-state index in [2.05, 4.69) is 20.0 Å². The number of nitrogens with two attached hydrogens (primary N) is 1. The second-order valence-corrected chi connectivity index (χ2v) is 5.62. The van der Waals surface area contributed by atoms with Crippen molar-refractivity contribution in [3.63, 3.8) is 0 Å². The maximum atomic E-state index is 11.1. The molecule has 1 aliphatic rings. The number of hydrogen-bond acceptors (Lipinski definition) is 6. The first-order valence-electron chi connectivity index (χ1n) is 7.52. The van der Waals surface area contributed by atoms with Crippen LogP contribution in [0.2, 0.25) is 0 Å². The quantitative estimate of drug-likeness (QED) is 0.783. The molecule has 0 aliphatic carbocycles. The van der Waals surface area contributed by atoms with E-state index < -0.39 is 5.91 Å². The number of piperidine rings is 1. The fourth-order valence-electron chi connectivity index (χ4n) is 2.90. The van der Waals surface area contributed by atoms with Crippen LogP contribution in [0.25, 0.3) is 11.1 Å². The molecule has 8 nitrogen and oxygen atoms in total. The summed E-state index contributed by atoms with van der Waals surface area (Å²) in [6.07, 6.45) is 3.49. The Bertz CT molecular complexity index is 821. The minimum absolute atomic E-state index is 0.0454. The molecule has 1 fully saturated rings. The average Bonchev–Trinajstić information content (AvgIpc) is 3.22. The number of carbonyl (C=O) groups excluding carboxylic acids is 1. The lowest BCUT2D eigenvalue weighted by Crippen LogP contribution is -2.37. The number of carbonyl (C=O) groups is 1. The van der Waals surface area contributed by atoms with Gasteiger partial charge in [0.25, 0.3) is 11.9 Å². The Kier molecular flexibility index (Phi) is 3.22. The molecule has 118 valence electrons. The van der Waals surface area contributed by atoms with Crippen molar-refractivity contribution in [3.8, 4) is 0 Å². The fourth-order valence-corrected chi connectivity index (χ4v) is 2.90. The lowest BCUT2D eigenvalue weighted by molar-refractivity contribution is 0.0990. The molecular formula is C15H16N6O2. The molecule has 1 amide bonds. The van der Waals surface area contributed by atoms with Gasteiger partial charge in [-0.2, -0.15) is 4.98 Å². The van der Waals surface area contributed by atoms with Gasteiger partial charge in [-0.25, -0.2) is 9.67 Å². The molecule has 0 radical (unpaired) electrons. The molecular weight excluding hydrogens is 296 g/mol. The van der Waals surface area contributed by atoms with Crippen LogP contribution < -0.4 is 10.6 Å². The van der Waals surface area contributed by atoms with Crippen LogP contribution in [-0.4, -0.2) is 38.7 Å². The van der Waals surface area contributed by atoms with E-state index in [0.29, 0.717) is 12.6 Å². The van der Waals surface area contributed by atoms with Crippen molar-refractivity contribution in [1.82, 2.24) is 19.7 Å². The molecule has 0 spiro atoms. The van der Waals surface area contributed by atoms with E-state index in [4.69, 9.17) is 10.2 Å². The molecule has 3 aromatic rings. The molecule has 1 saturated heterocycles. The molecule has 23 heavy (non-hydrogen) atoms. The molecule has 2 N–H and O–H groups in total. The topological polar surface area (TPSA) is 103 Å². The normalized spacial score (nSPS) is 18.4. The number of hydrogen-bond donors (Lipinski definition) is 1. The van der Waals surface area contributed by atoms with Gasteiger partial charge in [-0.15, -0.1) is 5.10 Å². The zero-order chi connectivity index (χ0) is 15.8. The Morgan fingerprint density at radius 3 is 3.00 bits per heavy atom. The van der Waals surface area contributed by atoms with Crippen molar-refractivity contribution in [3.05, 3.63) is 36.4 Å². The summed E-state index contributed by atoms with van der Waals surface area (Å²) in [4.78, 5) is 21.7. The Hall–Kier alpha value is -2.90. The highest BCUT2D eigenvalue weighted by Gasteiger charge is 2.26. The molecule has 1 aliphatic heterocycles. The number of oxazole rings is 1. The van der Waals surface area contributed by atoms with E-state index in [1.165, 1.54) is 0 Å². The maximum Gasteiger partial charge on any atom is 0.298 e. The predicted octanol–water partition coefficient (Wildman–Crippen LogP) is 1.36. The number of nitrogens with zero attached hydrogens (tertiary/aromatic N) is 5. The third-order valence-corrected chi connectivity index (χ3v) is 4.05. The van der Waals surface area contributed by atoms with E-state index in [1.807, 2.05) is 24.3 Å². The van der Waals surface area contributed by atoms with Crippen LogP contribution in [0, 0.1) is 0 Å². The van der Waals surface area contributed by atoms with E-state index >= 15 is 0 Å². The zero-order valence-corrected chi connectivity index (χ0v) is 12.4. The van der Waals surface area contributed by atoms with Crippen molar-refractivity contribution in [2.75, 3.05) is 18.0 Å². The second kappa shape index (κ2) is 5.38. The minimum atomic E-state index is -0.615. The highest BCUT2D eigenvalue weighted by Crippen LogP contribution is 2.27. The zero-order valence-electron chi connectivity index (χ0n) is 12.4. The Labute approximate surface area is 131 Å². The first-order valence-corrected chi connectivity index (χ1v) is 7.52. The largest absolute Gasteiger partial charge is 0.423 e. The summed E-state index contributed by atoms with van der Waals surface area (Å²) in [7, 11) is 0. The van der Waals surface area contributed by atoms with Crippen LogP contribution >= 0.6 is 0 Å². The van der Waals surface area contributed by atoms with Gasteiger partial charge in [0.1, 0.15) is 11.8 Å². The summed E-state index contributed by atoms with van der Waals surface area (Å²) in [5.41, 5.74) is 6.83. The van der Waals surface area contributed by atoms with Crippen LogP contribution in [0.5, 0.6) is 0 Å². The average molecular weight is 312 g/mol. The first kappa shape index (κ1) is 13.7. The van der Waals surface area contributed by atoms with Crippen molar-refractivity contribution in [1.29, 1.82) is 0 Å². The van der Waals surface area contributed by atoms with Crippen LogP contribution in [0.4, 0.5) is 6.01 Å². The van der Waals surface area contributed by atoms with Gasteiger partial charge in [0.2, 0.25) is 5.82 Å². The molecule has 0 saturated carbocycles. The molecule has 1 unspecified atom stereocenters. The van der Waals surface area contributed by atoms with Crippen LogP contribution in [0.15, 0.2) is 35.0 Å². The highest BCUT2D eigenvalue weighted by molar-refractivity contribution is 5.88. The van der Waals surface area contributed by atoms with Gasteiger partial charge in [-0.05, 0) is 25.0 Å². The number of benzene rings is 1. The summed E-state index contributed by atoms with van der Waals surface area (Å²) < 4.78 is 7.53. The third-order valence-electron chi connectivity index (χ3n) is 4.05. The summed E-state index contributed by atoms with van der Waals surface area (Å²) in [5.74, 6) is -0.570. The number of anilines is 1. The number of fused-ring (bicyclic) bond motifs is 1. The third kappa shape index (κ3) is 2.52. The van der Waals surface area contributed by atoms with Crippen LogP contribution in [0.3, 0.4) is 0 Å². The van der Waals surface area contributed by atoms with Crippen molar-refractivity contribution < 1.29 is 9.21 Å². The number of rotatable bonds is 3. The molecule has 2 aromatic heterocycles. The van der Waals surface area contributed by atoms with Gasteiger partial charge in [0.05, 0.1) is 6.04 Å². The van der Waals surface area contributed by atoms with Gasteiger partial charge in [0, 0.05) is 13.1 Å². The SMILES string of the molecule is NC(=O)c1ncn(C2CCCN(c3nc4ccccc4o3)C2)n1. The Balaban J connectivity index is 1.57. The van der Waals surface area contributed by atoms with E-state index in [1.54, 1.807) is 11.0 Å². The fraction of sp³-hybridized carbons (Fsp3) is 0.333. The van der Waals surface area contributed by atoms with Gasteiger partial charge in [0.15, 0.2) is 5.58 Å². The second-order valence-electron chi connectivity index (χ2n) is 5.62. The Morgan fingerprint density at radius 1 is 1.35 bits per heavy atom. The number of amides is 1. The molecule has 8 heteroatoms. The summed E-state index contributed by atoms with van der Waals surface area (Å²) >= 11 is 0. The predicted molar refractivity (Wildman–Crippen MR) is 83.0 cm³/mol. The monoisotopic (exact) mass is 312 g/mol. The van der Waals surface area contributed by atoms with Crippen molar-refractivity contribution in [2.24, 2.45) is 5.73 Å². The van der Waals surface area contributed by atoms with Gasteiger partial charge < -0.3 is 15.1 Å². The van der Waals surface area contributed by atoms with E-state index in [9.17, 15) is 4.79 Å². The van der Waals surface area contributed by atoms with E-state index in [0.717, 1.165) is 30.5 Å². The Morgan fingerprint density at radius 2 is 2.22 bits per heavy atom. The molecule has 3 heterocycles. The van der Waals surface area contributed by atoms with Crippen molar-refractivity contribution in [2.45, 2.75) is 18.9 Å². The van der Waals surface area contributed by atoms with Crippen molar-refractivity contribution >= 4 is 23.0 Å². The highest BCUT2D eigenvalue weighted by atomic mass is 16.4. The summed E-state index contributed by atoms with van der Waals surface area (Å²) in [6, 6.07) is 8.43. The van der Waals surface area contributed by atoms with Crippen LogP contribution in [0.1, 0.15) is 29.5 Å². The van der Waals surface area contributed by atoms with Crippen LogP contribution in [-0.2, 0) is 0 Å². The lowest BCUT2D eigenvalue weighted by Gasteiger charge is -2.31. The standard InChI is InChI=1S/C15H16N6O2/c16-13(22)14-17-9-21(19-14)10-4-3-7-20(8-10)15-18-11-5-1-2-6-12(11)23-15/h1-2,5-6,9-10H,3-4,7-8H2,(H2,16,22). The maximum absolute atomic E-state index is 11.1. The molecule has 1 atom stereocenters.